The molecule has 0 aliphatic rings. The van der Waals surface area contributed by atoms with Gasteiger partial charge in [0.15, 0.2) is 0 Å². The summed E-state index contributed by atoms with van der Waals surface area (Å²) in [5.74, 6) is -0.690. The molecule has 0 saturated heterocycles. The molecule has 4 nitrogen and oxygen atoms in total. The van der Waals surface area contributed by atoms with E-state index in [0.29, 0.717) is 19.0 Å². The molecule has 0 aliphatic carbocycles. The first-order chi connectivity index (χ1) is 12.1. The Bertz CT molecular complexity index is 679. The molecule has 2 aromatic carbocycles. The summed E-state index contributed by atoms with van der Waals surface area (Å²) in [4.78, 5) is 23.6. The molecule has 0 fully saturated rings. The molecule has 2 amide bonds. The van der Waals surface area contributed by atoms with Crippen molar-refractivity contribution in [2.75, 3.05) is 6.54 Å². The topological polar surface area (TPSA) is 58.2 Å². The fourth-order valence-corrected chi connectivity index (χ4v) is 2.50. The Labute approximate surface area is 149 Å². The van der Waals surface area contributed by atoms with E-state index in [1.807, 2.05) is 30.3 Å². The predicted molar refractivity (Wildman–Crippen MR) is 100 cm³/mol. The van der Waals surface area contributed by atoms with Gasteiger partial charge in [0.05, 0.1) is 0 Å². The molecule has 0 heterocycles. The third kappa shape index (κ3) is 6.42. The van der Waals surface area contributed by atoms with Gasteiger partial charge in [0.25, 0.3) is 0 Å². The van der Waals surface area contributed by atoms with E-state index < -0.39 is 11.8 Å². The number of nitrogens with one attached hydrogen (secondary N) is 2. The average molecular weight is 338 g/mol. The van der Waals surface area contributed by atoms with Crippen molar-refractivity contribution in [1.29, 1.82) is 0 Å². The molecular formula is C21H26N2O2. The molecule has 0 saturated carbocycles. The Hall–Kier alpha value is -2.62. The second-order valence-electron chi connectivity index (χ2n) is 6.42. The van der Waals surface area contributed by atoms with Crippen molar-refractivity contribution in [3.63, 3.8) is 0 Å². The van der Waals surface area contributed by atoms with Gasteiger partial charge in [-0.15, -0.1) is 0 Å². The summed E-state index contributed by atoms with van der Waals surface area (Å²) in [7, 11) is 0. The largest absolute Gasteiger partial charge is 0.348 e. The Balaban J connectivity index is 1.67. The summed E-state index contributed by atoms with van der Waals surface area (Å²) in [6.45, 7) is 5.12. The number of carbonyl (C=O) groups excluding carboxylic acids is 2. The van der Waals surface area contributed by atoms with Crippen LogP contribution in [0.4, 0.5) is 0 Å². The van der Waals surface area contributed by atoms with Crippen LogP contribution < -0.4 is 10.6 Å². The number of hydrogen-bond acceptors (Lipinski definition) is 2. The molecule has 0 unspecified atom stereocenters. The summed E-state index contributed by atoms with van der Waals surface area (Å²) in [5.41, 5.74) is 3.46. The maximum atomic E-state index is 11.8. The highest BCUT2D eigenvalue weighted by Gasteiger charge is 2.12. The molecule has 0 aliphatic heterocycles. The molecule has 25 heavy (non-hydrogen) atoms. The quantitative estimate of drug-likeness (QED) is 0.602. The maximum absolute atomic E-state index is 11.8. The SMILES string of the molecule is CC(C)c1ccc(CNC(=O)C(=O)NCCCc2ccccc2)cc1. The van der Waals surface area contributed by atoms with Crippen LogP contribution >= 0.6 is 0 Å². The zero-order chi connectivity index (χ0) is 18.1. The van der Waals surface area contributed by atoms with Gasteiger partial charge >= 0.3 is 11.8 Å². The van der Waals surface area contributed by atoms with Crippen molar-refractivity contribution in [2.24, 2.45) is 0 Å². The highest BCUT2D eigenvalue weighted by atomic mass is 16.2. The first-order valence-corrected chi connectivity index (χ1v) is 8.75. The van der Waals surface area contributed by atoms with E-state index in [0.717, 1.165) is 18.4 Å². The Morgan fingerprint density at radius 2 is 1.48 bits per heavy atom. The molecule has 2 aromatic rings. The fraction of sp³-hybridized carbons (Fsp3) is 0.333. The fourth-order valence-electron chi connectivity index (χ4n) is 2.50. The van der Waals surface area contributed by atoms with E-state index in [1.165, 1.54) is 11.1 Å². The van der Waals surface area contributed by atoms with Gasteiger partial charge in [0, 0.05) is 13.1 Å². The molecule has 2 rings (SSSR count). The number of carbonyl (C=O) groups is 2. The molecule has 0 atom stereocenters. The minimum Gasteiger partial charge on any atom is -0.348 e. The highest BCUT2D eigenvalue weighted by Crippen LogP contribution is 2.14. The third-order valence-electron chi connectivity index (χ3n) is 4.08. The standard InChI is InChI=1S/C21H26N2O2/c1-16(2)19-12-10-18(11-13-19)15-23-21(25)20(24)22-14-6-9-17-7-4-3-5-8-17/h3-5,7-8,10-13,16H,6,9,14-15H2,1-2H3,(H,22,24)(H,23,25). The number of aryl methyl sites for hydroxylation is 1. The maximum Gasteiger partial charge on any atom is 0.309 e. The first kappa shape index (κ1) is 18.7. The smallest absolute Gasteiger partial charge is 0.309 e. The van der Waals surface area contributed by atoms with Crippen LogP contribution in [0.2, 0.25) is 0 Å². The van der Waals surface area contributed by atoms with Crippen molar-refractivity contribution in [3.8, 4) is 0 Å². The zero-order valence-electron chi connectivity index (χ0n) is 14.9. The Morgan fingerprint density at radius 3 is 2.12 bits per heavy atom. The van der Waals surface area contributed by atoms with Crippen molar-refractivity contribution in [3.05, 3.63) is 71.3 Å². The van der Waals surface area contributed by atoms with Crippen LogP contribution in [0.1, 0.15) is 42.9 Å². The molecule has 0 radical (unpaired) electrons. The molecule has 2 N–H and O–H groups in total. The van der Waals surface area contributed by atoms with E-state index in [2.05, 4.69) is 48.7 Å². The van der Waals surface area contributed by atoms with Gasteiger partial charge in [0.1, 0.15) is 0 Å². The van der Waals surface area contributed by atoms with E-state index >= 15 is 0 Å². The number of benzene rings is 2. The monoisotopic (exact) mass is 338 g/mol. The van der Waals surface area contributed by atoms with Gasteiger partial charge in [-0.3, -0.25) is 9.59 Å². The zero-order valence-corrected chi connectivity index (χ0v) is 14.9. The van der Waals surface area contributed by atoms with Gasteiger partial charge in [-0.25, -0.2) is 0 Å². The Morgan fingerprint density at radius 1 is 0.840 bits per heavy atom. The van der Waals surface area contributed by atoms with Crippen LogP contribution in [0.5, 0.6) is 0 Å². The van der Waals surface area contributed by atoms with E-state index in [4.69, 9.17) is 0 Å². The second kappa shape index (κ2) is 9.62. The van der Waals surface area contributed by atoms with Crippen LogP contribution in [0.25, 0.3) is 0 Å². The third-order valence-corrected chi connectivity index (χ3v) is 4.08. The second-order valence-corrected chi connectivity index (χ2v) is 6.42. The summed E-state index contributed by atoms with van der Waals surface area (Å²) in [5, 5.41) is 5.32. The summed E-state index contributed by atoms with van der Waals surface area (Å²) >= 11 is 0. The van der Waals surface area contributed by atoms with Crippen molar-refractivity contribution >= 4 is 11.8 Å². The average Bonchev–Trinajstić information content (AvgIpc) is 2.64. The van der Waals surface area contributed by atoms with Gasteiger partial charge in [0.2, 0.25) is 0 Å². The molecule has 132 valence electrons. The Kier molecular flexibility index (Phi) is 7.20. The lowest BCUT2D eigenvalue weighted by Crippen LogP contribution is -2.40. The highest BCUT2D eigenvalue weighted by molar-refractivity contribution is 6.35. The lowest BCUT2D eigenvalue weighted by Gasteiger charge is -2.09. The van der Waals surface area contributed by atoms with Crippen LogP contribution in [-0.2, 0) is 22.6 Å². The van der Waals surface area contributed by atoms with E-state index in [1.54, 1.807) is 0 Å². The first-order valence-electron chi connectivity index (χ1n) is 8.75. The van der Waals surface area contributed by atoms with Crippen molar-refractivity contribution in [1.82, 2.24) is 10.6 Å². The summed E-state index contributed by atoms with van der Waals surface area (Å²) in [6, 6.07) is 18.1. The lowest BCUT2D eigenvalue weighted by molar-refractivity contribution is -0.139. The van der Waals surface area contributed by atoms with E-state index in [9.17, 15) is 9.59 Å². The lowest BCUT2D eigenvalue weighted by atomic mass is 10.0. The van der Waals surface area contributed by atoms with Crippen LogP contribution in [0.3, 0.4) is 0 Å². The predicted octanol–water partition coefficient (Wildman–Crippen LogP) is 3.18. The number of amides is 2. The summed E-state index contributed by atoms with van der Waals surface area (Å²) < 4.78 is 0. The van der Waals surface area contributed by atoms with Crippen molar-refractivity contribution < 1.29 is 9.59 Å². The van der Waals surface area contributed by atoms with Gasteiger partial charge in [-0.05, 0) is 35.4 Å². The minimum atomic E-state index is -0.590. The van der Waals surface area contributed by atoms with Crippen LogP contribution in [0, 0.1) is 0 Å². The molecule has 0 spiro atoms. The van der Waals surface area contributed by atoms with Crippen molar-refractivity contribution in [2.45, 2.75) is 39.2 Å². The normalized spacial score (nSPS) is 10.5. The van der Waals surface area contributed by atoms with Gasteiger partial charge in [-0.2, -0.15) is 0 Å². The molecule has 0 bridgehead atoms. The molecule has 0 aromatic heterocycles. The number of hydrogen-bond donors (Lipinski definition) is 2. The minimum absolute atomic E-state index is 0.356. The summed E-state index contributed by atoms with van der Waals surface area (Å²) in [6.07, 6.45) is 1.69. The van der Waals surface area contributed by atoms with Gasteiger partial charge < -0.3 is 10.6 Å². The van der Waals surface area contributed by atoms with Crippen LogP contribution in [0.15, 0.2) is 54.6 Å². The number of rotatable bonds is 7. The molecule has 4 heteroatoms. The van der Waals surface area contributed by atoms with E-state index in [-0.39, 0.29) is 0 Å². The molecular weight excluding hydrogens is 312 g/mol. The van der Waals surface area contributed by atoms with Crippen LogP contribution in [-0.4, -0.2) is 18.4 Å². The van der Waals surface area contributed by atoms with Gasteiger partial charge in [-0.1, -0.05) is 68.4 Å².